The minimum absolute atomic E-state index is 0.264. The van der Waals surface area contributed by atoms with Gasteiger partial charge in [0, 0.05) is 7.98 Å². The molecule has 1 saturated heterocycles. The van der Waals surface area contributed by atoms with E-state index in [1.54, 1.807) is 0 Å². The van der Waals surface area contributed by atoms with E-state index in [1.807, 2.05) is 0 Å². The van der Waals surface area contributed by atoms with Gasteiger partial charge in [-0.2, -0.15) is 0 Å². The maximum Gasteiger partial charge on any atom is 0.0547 e. The minimum Gasteiger partial charge on any atom is -0.379 e. The smallest absolute Gasteiger partial charge is 0.0547 e. The Labute approximate surface area is 39.7 Å². The van der Waals surface area contributed by atoms with E-state index in [2.05, 4.69) is 0 Å². The number of rotatable bonds is 0. The molecule has 1 heteroatoms. The van der Waals surface area contributed by atoms with E-state index in [4.69, 9.17) is 6.11 Å². The first-order valence-corrected chi connectivity index (χ1v) is 2.34. The molecule has 1 rings (SSSR count). The molecule has 6 heavy (non-hydrogen) atoms. The zero-order chi connectivity index (χ0) is 5.11. The van der Waals surface area contributed by atoms with Crippen molar-refractivity contribution >= 4 is 0 Å². The summed E-state index contributed by atoms with van der Waals surface area (Å²) in [5.41, 5.74) is 0. The normalized spacial score (nSPS) is 36.7. The standard InChI is InChI=1S/C5H10O/c1-5-3-2-4-6-5/h5H,2-4H2,1H3/i1D. The highest BCUT2D eigenvalue weighted by Crippen LogP contribution is 2.09. The van der Waals surface area contributed by atoms with E-state index in [0.717, 1.165) is 19.4 Å². The topological polar surface area (TPSA) is 9.23 Å². The molecule has 0 N–H and O–H groups in total. The van der Waals surface area contributed by atoms with Gasteiger partial charge in [0.05, 0.1) is 6.10 Å². The van der Waals surface area contributed by atoms with E-state index in [1.165, 1.54) is 0 Å². The summed E-state index contributed by atoms with van der Waals surface area (Å²) in [5.74, 6) is 0. The Morgan fingerprint density at radius 1 is 2.00 bits per heavy atom. The molecule has 1 heterocycles. The van der Waals surface area contributed by atoms with Gasteiger partial charge in [-0.05, 0) is 19.7 Å². The average molecular weight is 87.1 g/mol. The molecular weight excluding hydrogens is 76.1 g/mol. The number of hydrogen-bond acceptors (Lipinski definition) is 1. The fourth-order valence-corrected chi connectivity index (χ4v) is 0.644. The molecule has 0 amide bonds. The summed E-state index contributed by atoms with van der Waals surface area (Å²) >= 11 is 0. The average Bonchev–Trinajstić information content (AvgIpc) is 2.14. The molecule has 0 aromatic heterocycles. The molecule has 1 aliphatic rings. The van der Waals surface area contributed by atoms with Crippen LogP contribution in [0.2, 0.25) is 0 Å². The SMILES string of the molecule is [2H]CC1CCCO1. The van der Waals surface area contributed by atoms with Gasteiger partial charge in [-0.3, -0.25) is 0 Å². The molecule has 0 bridgehead atoms. The maximum atomic E-state index is 6.87. The van der Waals surface area contributed by atoms with Gasteiger partial charge < -0.3 is 4.74 Å². The highest BCUT2D eigenvalue weighted by molar-refractivity contribution is 4.56. The van der Waals surface area contributed by atoms with Crippen LogP contribution in [0.1, 0.15) is 21.1 Å². The van der Waals surface area contributed by atoms with Crippen molar-refractivity contribution in [3.05, 3.63) is 0 Å². The summed E-state index contributed by atoms with van der Waals surface area (Å²) in [4.78, 5) is 0. The van der Waals surface area contributed by atoms with Crippen LogP contribution in [0.3, 0.4) is 0 Å². The van der Waals surface area contributed by atoms with Crippen molar-refractivity contribution in [1.82, 2.24) is 0 Å². The van der Waals surface area contributed by atoms with Crippen LogP contribution in [-0.2, 0) is 4.74 Å². The molecule has 0 aliphatic carbocycles. The Balaban J connectivity index is 2.14. The highest BCUT2D eigenvalue weighted by Gasteiger charge is 2.07. The Morgan fingerprint density at radius 2 is 3.00 bits per heavy atom. The fraction of sp³-hybridized carbons (Fsp3) is 1.00. The predicted octanol–water partition coefficient (Wildman–Crippen LogP) is 1.19. The molecule has 1 fully saturated rings. The monoisotopic (exact) mass is 87.1 g/mol. The van der Waals surface area contributed by atoms with E-state index >= 15 is 0 Å². The van der Waals surface area contributed by atoms with Crippen LogP contribution in [0.5, 0.6) is 0 Å². The summed E-state index contributed by atoms with van der Waals surface area (Å²) in [5, 5.41) is 0. The van der Waals surface area contributed by atoms with Crippen LogP contribution in [0.4, 0.5) is 0 Å². The van der Waals surface area contributed by atoms with Gasteiger partial charge in [0.2, 0.25) is 0 Å². The van der Waals surface area contributed by atoms with Crippen molar-refractivity contribution in [2.75, 3.05) is 6.61 Å². The molecule has 1 atom stereocenters. The first kappa shape index (κ1) is 3.03. The molecule has 1 unspecified atom stereocenters. The molecule has 1 aliphatic heterocycles. The zero-order valence-electron chi connectivity index (χ0n) is 4.81. The van der Waals surface area contributed by atoms with Gasteiger partial charge in [-0.15, -0.1) is 0 Å². The summed E-state index contributed by atoms with van der Waals surface area (Å²) in [6, 6.07) is 0. The van der Waals surface area contributed by atoms with Crippen molar-refractivity contribution < 1.29 is 6.11 Å². The second-order valence-corrected chi connectivity index (χ2v) is 1.64. The van der Waals surface area contributed by atoms with Gasteiger partial charge >= 0.3 is 0 Å². The van der Waals surface area contributed by atoms with Gasteiger partial charge in [-0.1, -0.05) is 0 Å². The first-order chi connectivity index (χ1) is 3.43. The lowest BCUT2D eigenvalue weighted by atomic mass is 10.3. The van der Waals surface area contributed by atoms with Gasteiger partial charge in [0.1, 0.15) is 0 Å². The van der Waals surface area contributed by atoms with Gasteiger partial charge in [0.25, 0.3) is 0 Å². The van der Waals surface area contributed by atoms with E-state index in [0.29, 0.717) is 6.90 Å². The van der Waals surface area contributed by atoms with E-state index < -0.39 is 0 Å². The van der Waals surface area contributed by atoms with Crippen molar-refractivity contribution in [3.8, 4) is 0 Å². The largest absolute Gasteiger partial charge is 0.379 e. The molecule has 0 radical (unpaired) electrons. The Bertz CT molecular complexity index is 50.0. The summed E-state index contributed by atoms with van der Waals surface area (Å²) < 4.78 is 12.0. The quantitative estimate of drug-likeness (QED) is 0.431. The second-order valence-electron chi connectivity index (χ2n) is 1.64. The third-order valence-electron chi connectivity index (χ3n) is 1.02. The molecule has 0 aromatic rings. The van der Waals surface area contributed by atoms with E-state index in [-0.39, 0.29) is 6.10 Å². The van der Waals surface area contributed by atoms with Crippen LogP contribution in [0, 0.1) is 0 Å². The lowest BCUT2D eigenvalue weighted by Crippen LogP contribution is -1.94. The van der Waals surface area contributed by atoms with Crippen LogP contribution in [0.15, 0.2) is 0 Å². The molecule has 1 nitrogen and oxygen atoms in total. The van der Waals surface area contributed by atoms with Gasteiger partial charge in [-0.25, -0.2) is 0 Å². The van der Waals surface area contributed by atoms with Crippen molar-refractivity contribution in [1.29, 1.82) is 0 Å². The third kappa shape index (κ3) is 0.716. The maximum absolute atomic E-state index is 6.87. The van der Waals surface area contributed by atoms with Gasteiger partial charge in [0.15, 0.2) is 0 Å². The molecule has 0 aromatic carbocycles. The van der Waals surface area contributed by atoms with Crippen LogP contribution >= 0.6 is 0 Å². The lowest BCUT2D eigenvalue weighted by molar-refractivity contribution is 0.125. The highest BCUT2D eigenvalue weighted by atomic mass is 16.5. The lowest BCUT2D eigenvalue weighted by Gasteiger charge is -1.94. The van der Waals surface area contributed by atoms with E-state index in [9.17, 15) is 0 Å². The second kappa shape index (κ2) is 1.61. The zero-order valence-corrected chi connectivity index (χ0v) is 3.81. The Kier molecular flexibility index (Phi) is 0.810. The van der Waals surface area contributed by atoms with Crippen molar-refractivity contribution in [2.24, 2.45) is 0 Å². The first-order valence-electron chi connectivity index (χ1n) is 3.05. The Morgan fingerprint density at radius 3 is 3.33 bits per heavy atom. The minimum atomic E-state index is 0.264. The van der Waals surface area contributed by atoms with Crippen LogP contribution in [-0.4, -0.2) is 12.7 Å². The molecule has 36 valence electrons. The van der Waals surface area contributed by atoms with Crippen molar-refractivity contribution in [2.45, 2.75) is 25.8 Å². The fourth-order valence-electron chi connectivity index (χ4n) is 0.644. The Hall–Kier alpha value is -0.0400. The number of ether oxygens (including phenoxy) is 1. The summed E-state index contributed by atoms with van der Waals surface area (Å²) in [6.07, 6.45) is 2.52. The summed E-state index contributed by atoms with van der Waals surface area (Å²) in [6.45, 7) is 1.32. The molecule has 0 spiro atoms. The third-order valence-corrected chi connectivity index (χ3v) is 1.02. The van der Waals surface area contributed by atoms with Crippen LogP contribution < -0.4 is 0 Å². The van der Waals surface area contributed by atoms with Crippen molar-refractivity contribution in [3.63, 3.8) is 0 Å². The molecule has 0 saturated carbocycles. The van der Waals surface area contributed by atoms with Crippen LogP contribution in [0.25, 0.3) is 0 Å². The number of hydrogen-bond donors (Lipinski definition) is 0. The summed E-state index contributed by atoms with van der Waals surface area (Å²) in [7, 11) is 0. The molecular formula is C5H10O. The predicted molar refractivity (Wildman–Crippen MR) is 24.6 cm³/mol.